The summed E-state index contributed by atoms with van der Waals surface area (Å²) in [6.45, 7) is 5.57. The molecular formula is C42H30Cl8N8O6. The van der Waals surface area contributed by atoms with E-state index < -0.39 is 47.3 Å². The fourth-order valence-electron chi connectivity index (χ4n) is 5.56. The van der Waals surface area contributed by atoms with E-state index in [1.807, 2.05) is 0 Å². The molecule has 0 aromatic heterocycles. The van der Waals surface area contributed by atoms with Crippen LogP contribution in [0.25, 0.3) is 0 Å². The third-order valence-corrected chi connectivity index (χ3v) is 11.1. The van der Waals surface area contributed by atoms with E-state index in [4.69, 9.17) is 92.8 Å². The molecule has 0 fully saturated rings. The molecule has 0 spiro atoms. The largest absolute Gasteiger partial charge is 0.324 e. The minimum atomic E-state index is -1.60. The van der Waals surface area contributed by atoms with Gasteiger partial charge in [-0.2, -0.15) is 20.5 Å². The summed E-state index contributed by atoms with van der Waals surface area (Å²) in [6.07, 6.45) is 0. The van der Waals surface area contributed by atoms with E-state index >= 15 is 0 Å². The lowest BCUT2D eigenvalue weighted by Gasteiger charge is -2.16. The van der Waals surface area contributed by atoms with Crippen LogP contribution >= 0.6 is 92.8 Å². The second kappa shape index (κ2) is 21.7. The number of Topliss-reactive ketones (excluding diaryl/α,β-unsaturated/α-hetero) is 2. The van der Waals surface area contributed by atoms with Gasteiger partial charge in [0, 0.05) is 21.4 Å². The molecule has 0 aliphatic rings. The van der Waals surface area contributed by atoms with E-state index in [1.165, 1.54) is 72.8 Å². The first-order valence-electron chi connectivity index (χ1n) is 18.2. The molecule has 64 heavy (non-hydrogen) atoms. The summed E-state index contributed by atoms with van der Waals surface area (Å²) in [7, 11) is 0. The number of carbonyl (C=O) groups is 6. The number of benzene rings is 5. The summed E-state index contributed by atoms with van der Waals surface area (Å²) in [6, 6.07) is 13.6. The quantitative estimate of drug-likeness (QED) is 0.0630. The van der Waals surface area contributed by atoms with Crippen LogP contribution in [0.2, 0.25) is 40.2 Å². The highest BCUT2D eigenvalue weighted by atomic mass is 35.5. The number of hydrogen-bond donors (Lipinski definition) is 4. The molecule has 0 aliphatic heterocycles. The van der Waals surface area contributed by atoms with Crippen molar-refractivity contribution in [3.05, 3.63) is 135 Å². The van der Waals surface area contributed by atoms with Gasteiger partial charge < -0.3 is 21.3 Å². The maximum Gasteiger partial charge on any atom is 0.258 e. The topological polar surface area (TPSA) is 200 Å². The summed E-state index contributed by atoms with van der Waals surface area (Å²) in [5, 5.41) is 27.4. The molecule has 14 nitrogen and oxygen atoms in total. The zero-order valence-electron chi connectivity index (χ0n) is 33.3. The monoisotopic (exact) mass is 1020 g/mol. The maximum atomic E-state index is 13.4. The van der Waals surface area contributed by atoms with E-state index in [-0.39, 0.29) is 85.4 Å². The molecule has 2 unspecified atom stereocenters. The third-order valence-electron chi connectivity index (χ3n) is 8.81. The normalized spacial score (nSPS) is 12.2. The van der Waals surface area contributed by atoms with Gasteiger partial charge in [0.25, 0.3) is 23.6 Å². The molecule has 0 heterocycles. The van der Waals surface area contributed by atoms with E-state index in [2.05, 4.69) is 41.7 Å². The van der Waals surface area contributed by atoms with Crippen LogP contribution in [0.3, 0.4) is 0 Å². The minimum absolute atomic E-state index is 0.0366. The lowest BCUT2D eigenvalue weighted by molar-refractivity contribution is -0.127. The number of halogens is 8. The maximum absolute atomic E-state index is 13.4. The number of ketones is 2. The molecule has 2 atom stereocenters. The average molecular weight is 1030 g/mol. The van der Waals surface area contributed by atoms with Crippen molar-refractivity contribution in [1.82, 2.24) is 0 Å². The van der Waals surface area contributed by atoms with Gasteiger partial charge >= 0.3 is 0 Å². The Morgan fingerprint density at radius 2 is 0.781 bits per heavy atom. The molecule has 5 aromatic carbocycles. The number of anilines is 4. The first kappa shape index (κ1) is 49.8. The van der Waals surface area contributed by atoms with Crippen LogP contribution in [-0.2, 0) is 19.2 Å². The molecule has 0 aliphatic carbocycles. The van der Waals surface area contributed by atoms with Gasteiger partial charge in [-0.1, -0.05) is 92.8 Å². The number of azo groups is 2. The van der Waals surface area contributed by atoms with Crippen LogP contribution in [0.4, 0.5) is 34.1 Å². The Hall–Kier alpha value is -5.16. The van der Waals surface area contributed by atoms with Crippen molar-refractivity contribution in [3.8, 4) is 0 Å². The predicted octanol–water partition coefficient (Wildman–Crippen LogP) is 13.4. The Morgan fingerprint density at radius 1 is 0.453 bits per heavy atom. The molecular weight excluding hydrogens is 996 g/mol. The van der Waals surface area contributed by atoms with Crippen molar-refractivity contribution in [2.24, 2.45) is 20.5 Å². The summed E-state index contributed by atoms with van der Waals surface area (Å²) in [5.74, 6) is -4.32. The number of aryl methyl sites for hydroxylation is 2. The summed E-state index contributed by atoms with van der Waals surface area (Å²) in [5.41, 5.74) is 1.76. The third kappa shape index (κ3) is 12.5. The summed E-state index contributed by atoms with van der Waals surface area (Å²) in [4.78, 5) is 78.2. The molecule has 5 rings (SSSR count). The van der Waals surface area contributed by atoms with Gasteiger partial charge in [-0.3, -0.25) is 28.8 Å². The molecule has 4 N–H and O–H groups in total. The molecule has 0 saturated carbocycles. The van der Waals surface area contributed by atoms with Crippen LogP contribution < -0.4 is 21.3 Å². The summed E-state index contributed by atoms with van der Waals surface area (Å²) >= 11 is 49.3. The number of rotatable bonds is 14. The zero-order chi connectivity index (χ0) is 47.2. The highest BCUT2D eigenvalue weighted by Gasteiger charge is 2.27. The van der Waals surface area contributed by atoms with E-state index in [9.17, 15) is 28.8 Å². The van der Waals surface area contributed by atoms with Crippen LogP contribution in [0, 0.1) is 13.8 Å². The van der Waals surface area contributed by atoms with Gasteiger partial charge in [-0.25, -0.2) is 0 Å². The SMILES string of the molecule is CC(=O)C(N=Nc1ccc(Cl)c(C(=O)Nc2c(Cl)cc(Cl)cc2Cl)c1)C(=O)Nc1cc(C)c(NC(=O)C(N=Nc2ccc(Cl)c(C(=O)Nc3c(Cl)cc(Cl)cc3Cl)c2)C(C)=O)cc1C. The van der Waals surface area contributed by atoms with Gasteiger partial charge in [0.15, 0.2) is 11.6 Å². The average Bonchev–Trinajstić information content (AvgIpc) is 3.20. The van der Waals surface area contributed by atoms with Crippen molar-refractivity contribution < 1.29 is 28.8 Å². The van der Waals surface area contributed by atoms with Gasteiger partial charge in [-0.05, 0) is 112 Å². The van der Waals surface area contributed by atoms with E-state index in [1.54, 1.807) is 13.8 Å². The standard InChI is InChI=1S/C42H30Cl8N8O6/c1-17-9-34(52-42(64)36(20(4)60)58-56-24-6-8-28(46)26(16-24)40(62)54-38-31(49)13-22(44)14-32(38)50)18(2)10-33(17)51-41(63)35(19(3)59)57-55-23-5-7-27(45)25(15-23)39(61)53-37-29(47)11-21(43)12-30(37)48/h5-16,35-36H,1-4H3,(H,51,63)(H,52,64)(H,53,61)(H,54,62). The molecule has 4 amide bonds. The number of hydrogen-bond acceptors (Lipinski definition) is 10. The number of nitrogens with zero attached hydrogens (tertiary/aromatic N) is 4. The minimum Gasteiger partial charge on any atom is -0.324 e. The first-order valence-corrected chi connectivity index (χ1v) is 21.2. The fourth-order valence-corrected chi connectivity index (χ4v) is 7.79. The van der Waals surface area contributed by atoms with Crippen molar-refractivity contribution >= 4 is 162 Å². The molecule has 22 heteroatoms. The number of carbonyl (C=O) groups excluding carboxylic acids is 6. The Kier molecular flexibility index (Phi) is 16.9. The Balaban J connectivity index is 1.27. The Bertz CT molecular complexity index is 2590. The van der Waals surface area contributed by atoms with Gasteiger partial charge in [0.05, 0.1) is 64.0 Å². The molecule has 0 saturated heterocycles. The van der Waals surface area contributed by atoms with Crippen molar-refractivity contribution in [1.29, 1.82) is 0 Å². The van der Waals surface area contributed by atoms with Crippen LogP contribution in [-0.4, -0.2) is 47.3 Å². The van der Waals surface area contributed by atoms with Crippen molar-refractivity contribution in [2.75, 3.05) is 21.3 Å². The van der Waals surface area contributed by atoms with Crippen LogP contribution in [0.1, 0.15) is 45.7 Å². The molecule has 330 valence electrons. The molecule has 0 bridgehead atoms. The molecule has 0 radical (unpaired) electrons. The highest BCUT2D eigenvalue weighted by molar-refractivity contribution is 6.44. The lowest BCUT2D eigenvalue weighted by atomic mass is 10.1. The fraction of sp³-hybridized carbons (Fsp3) is 0.143. The second-order valence-corrected chi connectivity index (χ2v) is 17.0. The predicted molar refractivity (Wildman–Crippen MR) is 253 cm³/mol. The van der Waals surface area contributed by atoms with Crippen LogP contribution in [0.15, 0.2) is 93.3 Å². The van der Waals surface area contributed by atoms with E-state index in [0.29, 0.717) is 11.1 Å². The molecule has 5 aromatic rings. The van der Waals surface area contributed by atoms with Crippen molar-refractivity contribution in [2.45, 2.75) is 39.8 Å². The van der Waals surface area contributed by atoms with E-state index in [0.717, 1.165) is 13.8 Å². The van der Waals surface area contributed by atoms with Crippen LogP contribution in [0.5, 0.6) is 0 Å². The Morgan fingerprint density at radius 3 is 1.09 bits per heavy atom. The number of nitrogens with one attached hydrogen (secondary N) is 4. The van der Waals surface area contributed by atoms with Gasteiger partial charge in [0.1, 0.15) is 0 Å². The van der Waals surface area contributed by atoms with Gasteiger partial charge in [0.2, 0.25) is 12.1 Å². The Labute approximate surface area is 405 Å². The van der Waals surface area contributed by atoms with Gasteiger partial charge in [-0.15, -0.1) is 0 Å². The lowest BCUT2D eigenvalue weighted by Crippen LogP contribution is -2.32. The zero-order valence-corrected chi connectivity index (χ0v) is 39.4. The first-order chi connectivity index (χ1) is 30.1. The highest BCUT2D eigenvalue weighted by Crippen LogP contribution is 2.36. The second-order valence-electron chi connectivity index (χ2n) is 13.6. The smallest absolute Gasteiger partial charge is 0.258 e. The number of amides is 4. The van der Waals surface area contributed by atoms with Crippen molar-refractivity contribution in [3.63, 3.8) is 0 Å². The summed E-state index contributed by atoms with van der Waals surface area (Å²) < 4.78 is 0.